The molecule has 0 bridgehead atoms. The Morgan fingerprint density at radius 1 is 1.44 bits per heavy atom. The van der Waals surface area contributed by atoms with E-state index in [1.54, 1.807) is 0 Å². The van der Waals surface area contributed by atoms with Gasteiger partial charge >= 0.3 is 0 Å². The van der Waals surface area contributed by atoms with Crippen molar-refractivity contribution in [3.8, 4) is 0 Å². The molecule has 0 radical (unpaired) electrons. The fourth-order valence-corrected chi connectivity index (χ4v) is 1.15. The van der Waals surface area contributed by atoms with Crippen LogP contribution in [0.4, 0.5) is 0 Å². The van der Waals surface area contributed by atoms with Gasteiger partial charge < -0.3 is 0 Å². The van der Waals surface area contributed by atoms with Gasteiger partial charge in [0.2, 0.25) is 0 Å². The lowest BCUT2D eigenvalue weighted by Gasteiger charge is -1.97. The molecule has 9 heavy (non-hydrogen) atoms. The summed E-state index contributed by atoms with van der Waals surface area (Å²) in [5.74, 6) is 0.884. The number of hydrogen-bond donors (Lipinski definition) is 0. The van der Waals surface area contributed by atoms with Gasteiger partial charge in [-0.05, 0) is 32.1 Å². The van der Waals surface area contributed by atoms with Crippen LogP contribution < -0.4 is 0 Å². The molecule has 1 fully saturated rings. The molecule has 1 rings (SSSR count). The van der Waals surface area contributed by atoms with Gasteiger partial charge in [0.1, 0.15) is 0 Å². The highest BCUT2D eigenvalue weighted by Gasteiger charge is 2.25. The SMILES string of the molecule is CC/N=C(\CC)C1CC1. The molecule has 0 aromatic rings. The van der Waals surface area contributed by atoms with E-state index in [0.29, 0.717) is 0 Å². The minimum absolute atomic E-state index is 0.884. The second-order valence-corrected chi connectivity index (χ2v) is 2.59. The van der Waals surface area contributed by atoms with E-state index < -0.39 is 0 Å². The minimum Gasteiger partial charge on any atom is -0.294 e. The van der Waals surface area contributed by atoms with E-state index in [9.17, 15) is 0 Å². The summed E-state index contributed by atoms with van der Waals surface area (Å²) >= 11 is 0. The zero-order valence-corrected chi connectivity index (χ0v) is 6.35. The molecule has 1 aliphatic rings. The molecule has 0 spiro atoms. The number of nitrogens with zero attached hydrogens (tertiary/aromatic N) is 1. The zero-order valence-electron chi connectivity index (χ0n) is 6.35. The normalized spacial score (nSPS) is 20.4. The molecule has 0 unspecified atom stereocenters. The first-order valence-corrected chi connectivity index (χ1v) is 3.91. The molecule has 1 aliphatic carbocycles. The third-order valence-corrected chi connectivity index (χ3v) is 1.77. The lowest BCUT2D eigenvalue weighted by molar-refractivity contribution is 1.02. The van der Waals surface area contributed by atoms with Crippen LogP contribution in [0.2, 0.25) is 0 Å². The van der Waals surface area contributed by atoms with Gasteiger partial charge in [-0.1, -0.05) is 6.92 Å². The second kappa shape index (κ2) is 3.00. The highest BCUT2D eigenvalue weighted by molar-refractivity contribution is 5.88. The van der Waals surface area contributed by atoms with E-state index in [2.05, 4.69) is 18.8 Å². The van der Waals surface area contributed by atoms with Crippen LogP contribution in [0.15, 0.2) is 4.99 Å². The Balaban J connectivity index is 2.37. The molecule has 0 amide bonds. The molecule has 0 heterocycles. The fourth-order valence-electron chi connectivity index (χ4n) is 1.15. The fraction of sp³-hybridized carbons (Fsp3) is 0.875. The average Bonchev–Trinajstić information content (AvgIpc) is 2.64. The maximum atomic E-state index is 4.42. The Morgan fingerprint density at radius 3 is 2.44 bits per heavy atom. The monoisotopic (exact) mass is 125 g/mol. The van der Waals surface area contributed by atoms with Crippen LogP contribution in [0.25, 0.3) is 0 Å². The maximum absolute atomic E-state index is 4.42. The first kappa shape index (κ1) is 6.79. The summed E-state index contributed by atoms with van der Waals surface area (Å²) < 4.78 is 0. The Morgan fingerprint density at radius 2 is 2.11 bits per heavy atom. The summed E-state index contributed by atoms with van der Waals surface area (Å²) in [7, 11) is 0. The molecule has 0 atom stereocenters. The number of hydrogen-bond acceptors (Lipinski definition) is 1. The van der Waals surface area contributed by atoms with Crippen molar-refractivity contribution in [2.45, 2.75) is 33.1 Å². The topological polar surface area (TPSA) is 12.4 Å². The Hall–Kier alpha value is -0.330. The molecule has 0 saturated heterocycles. The summed E-state index contributed by atoms with van der Waals surface area (Å²) in [5, 5.41) is 0. The quantitative estimate of drug-likeness (QED) is 0.513. The van der Waals surface area contributed by atoms with Gasteiger partial charge in [0, 0.05) is 12.3 Å². The van der Waals surface area contributed by atoms with Crippen LogP contribution in [-0.2, 0) is 0 Å². The van der Waals surface area contributed by atoms with Crippen molar-refractivity contribution in [1.82, 2.24) is 0 Å². The highest BCUT2D eigenvalue weighted by atomic mass is 14.7. The smallest absolute Gasteiger partial charge is 0.0360 e. The van der Waals surface area contributed by atoms with Gasteiger partial charge in [0.15, 0.2) is 0 Å². The van der Waals surface area contributed by atoms with Crippen molar-refractivity contribution in [3.63, 3.8) is 0 Å². The summed E-state index contributed by atoms with van der Waals surface area (Å²) in [5.41, 5.74) is 1.46. The Labute approximate surface area is 57.2 Å². The van der Waals surface area contributed by atoms with Gasteiger partial charge in [0.25, 0.3) is 0 Å². The molecule has 52 valence electrons. The van der Waals surface area contributed by atoms with Gasteiger partial charge in [-0.3, -0.25) is 4.99 Å². The molecule has 0 N–H and O–H groups in total. The Kier molecular flexibility index (Phi) is 2.26. The van der Waals surface area contributed by atoms with E-state index >= 15 is 0 Å². The number of rotatable bonds is 3. The van der Waals surface area contributed by atoms with Crippen LogP contribution in [0.3, 0.4) is 0 Å². The largest absolute Gasteiger partial charge is 0.294 e. The lowest BCUT2D eigenvalue weighted by Crippen LogP contribution is -1.98. The minimum atomic E-state index is 0.884. The molecule has 0 aromatic carbocycles. The summed E-state index contributed by atoms with van der Waals surface area (Å²) in [6, 6.07) is 0. The van der Waals surface area contributed by atoms with Crippen molar-refractivity contribution in [2.24, 2.45) is 10.9 Å². The average molecular weight is 125 g/mol. The maximum Gasteiger partial charge on any atom is 0.0360 e. The molecule has 1 heteroatoms. The van der Waals surface area contributed by atoms with Gasteiger partial charge in [-0.15, -0.1) is 0 Å². The lowest BCUT2D eigenvalue weighted by atomic mass is 10.2. The van der Waals surface area contributed by atoms with Gasteiger partial charge in [-0.25, -0.2) is 0 Å². The standard InChI is InChI=1S/C8H15N/c1-3-8(9-4-2)7-5-6-7/h7H,3-6H2,1-2H3/b9-8+. The molecule has 0 aromatic heterocycles. The predicted octanol–water partition coefficient (Wildman–Crippen LogP) is 2.27. The molecule has 0 aliphatic heterocycles. The van der Waals surface area contributed by atoms with Crippen molar-refractivity contribution in [2.75, 3.05) is 6.54 Å². The third-order valence-electron chi connectivity index (χ3n) is 1.77. The van der Waals surface area contributed by atoms with Crippen LogP contribution >= 0.6 is 0 Å². The first-order valence-electron chi connectivity index (χ1n) is 3.91. The molecule has 1 saturated carbocycles. The van der Waals surface area contributed by atoms with Crippen LogP contribution in [0.1, 0.15) is 33.1 Å². The molecular weight excluding hydrogens is 110 g/mol. The summed E-state index contributed by atoms with van der Waals surface area (Å²) in [6.07, 6.45) is 3.96. The van der Waals surface area contributed by atoms with Gasteiger partial charge in [-0.2, -0.15) is 0 Å². The van der Waals surface area contributed by atoms with Crippen molar-refractivity contribution >= 4 is 5.71 Å². The predicted molar refractivity (Wildman–Crippen MR) is 41.0 cm³/mol. The van der Waals surface area contributed by atoms with Gasteiger partial charge in [0.05, 0.1) is 0 Å². The van der Waals surface area contributed by atoms with Crippen molar-refractivity contribution < 1.29 is 0 Å². The van der Waals surface area contributed by atoms with Crippen molar-refractivity contribution in [3.05, 3.63) is 0 Å². The van der Waals surface area contributed by atoms with Crippen LogP contribution in [0, 0.1) is 5.92 Å². The van der Waals surface area contributed by atoms with E-state index in [0.717, 1.165) is 12.5 Å². The van der Waals surface area contributed by atoms with Crippen LogP contribution in [-0.4, -0.2) is 12.3 Å². The molecule has 1 nitrogen and oxygen atoms in total. The van der Waals surface area contributed by atoms with E-state index in [1.165, 1.54) is 25.0 Å². The van der Waals surface area contributed by atoms with E-state index in [4.69, 9.17) is 0 Å². The summed E-state index contributed by atoms with van der Waals surface area (Å²) in [4.78, 5) is 4.42. The van der Waals surface area contributed by atoms with E-state index in [1.807, 2.05) is 0 Å². The first-order chi connectivity index (χ1) is 4.38. The summed E-state index contributed by atoms with van der Waals surface area (Å²) in [6.45, 7) is 5.28. The molecular formula is C8H15N. The van der Waals surface area contributed by atoms with Crippen molar-refractivity contribution in [1.29, 1.82) is 0 Å². The highest BCUT2D eigenvalue weighted by Crippen LogP contribution is 2.31. The van der Waals surface area contributed by atoms with Crippen LogP contribution in [0.5, 0.6) is 0 Å². The number of aliphatic imine (C=N–C) groups is 1. The van der Waals surface area contributed by atoms with E-state index in [-0.39, 0.29) is 0 Å². The third kappa shape index (κ3) is 1.81. The zero-order chi connectivity index (χ0) is 6.69. The second-order valence-electron chi connectivity index (χ2n) is 2.59. The Bertz CT molecular complexity index is 112.